The van der Waals surface area contributed by atoms with E-state index in [2.05, 4.69) is 10.1 Å². The number of piperidine rings is 1. The lowest BCUT2D eigenvalue weighted by atomic mass is 10.1. The van der Waals surface area contributed by atoms with Crippen LogP contribution < -0.4 is 0 Å². The number of hydrogen-bond donors (Lipinski definition) is 0. The van der Waals surface area contributed by atoms with E-state index >= 15 is 0 Å². The summed E-state index contributed by atoms with van der Waals surface area (Å²) in [4.78, 5) is 18.9. The number of ether oxygens (including phenoxy) is 2. The molecule has 0 saturated carbocycles. The van der Waals surface area contributed by atoms with Gasteiger partial charge in [-0.2, -0.15) is 4.98 Å². The van der Waals surface area contributed by atoms with E-state index in [0.29, 0.717) is 24.8 Å². The molecule has 1 fully saturated rings. The highest BCUT2D eigenvalue weighted by Crippen LogP contribution is 2.21. The molecule has 2 aromatic rings. The Morgan fingerprint density at radius 1 is 1.28 bits per heavy atom. The van der Waals surface area contributed by atoms with E-state index < -0.39 is 16.8 Å². The van der Waals surface area contributed by atoms with E-state index in [1.807, 2.05) is 20.8 Å². The van der Waals surface area contributed by atoms with Crippen molar-refractivity contribution in [3.8, 4) is 11.5 Å². The Kier molecular flexibility index (Phi) is 6.81. The molecule has 1 unspecified atom stereocenters. The summed E-state index contributed by atoms with van der Waals surface area (Å²) in [5.74, 6) is 0.870. The molecule has 1 aromatic carbocycles. The van der Waals surface area contributed by atoms with Crippen molar-refractivity contribution in [2.24, 2.45) is 0 Å². The molecule has 0 N–H and O–H groups in total. The van der Waals surface area contributed by atoms with E-state index in [1.54, 1.807) is 35.4 Å². The predicted molar refractivity (Wildman–Crippen MR) is 108 cm³/mol. The summed E-state index contributed by atoms with van der Waals surface area (Å²) >= 11 is -1.02. The molecule has 0 radical (unpaired) electrons. The smallest absolute Gasteiger partial charge is 0.410 e. The Balaban J connectivity index is 1.46. The van der Waals surface area contributed by atoms with Crippen LogP contribution in [0.15, 0.2) is 33.7 Å². The number of amides is 1. The van der Waals surface area contributed by atoms with Gasteiger partial charge in [0.15, 0.2) is 10.7 Å². The van der Waals surface area contributed by atoms with E-state index in [1.165, 1.54) is 0 Å². The van der Waals surface area contributed by atoms with Crippen LogP contribution in [0.2, 0.25) is 0 Å². The van der Waals surface area contributed by atoms with Gasteiger partial charge in [0.05, 0.1) is 6.10 Å². The van der Waals surface area contributed by atoms with Gasteiger partial charge < -0.3 is 23.4 Å². The molecule has 1 amide bonds. The zero-order valence-corrected chi connectivity index (χ0v) is 18.0. The number of carbonyl (C=O) groups excluding carboxylic acids is 1. The zero-order chi connectivity index (χ0) is 21.0. The van der Waals surface area contributed by atoms with E-state index in [4.69, 9.17) is 14.0 Å². The maximum atomic E-state index is 12.1. The molecule has 8 nitrogen and oxygen atoms in total. The van der Waals surface area contributed by atoms with Crippen LogP contribution >= 0.6 is 0 Å². The number of likely N-dealkylation sites (tertiary alicyclic amines) is 1. The van der Waals surface area contributed by atoms with E-state index in [9.17, 15) is 9.35 Å². The normalized spacial score (nSPS) is 16.7. The molecule has 2 heterocycles. The molecular formula is C20H27N3O5S. The number of rotatable bonds is 5. The van der Waals surface area contributed by atoms with Crippen LogP contribution in [-0.2, 0) is 27.3 Å². The van der Waals surface area contributed by atoms with E-state index in [0.717, 1.165) is 23.3 Å². The summed E-state index contributed by atoms with van der Waals surface area (Å²) in [5.41, 5.74) is 0.276. The first-order chi connectivity index (χ1) is 13.7. The van der Waals surface area contributed by atoms with E-state index in [-0.39, 0.29) is 18.8 Å². The molecular weight excluding hydrogens is 394 g/mol. The number of hydrogen-bond acceptors (Lipinski definition) is 7. The Morgan fingerprint density at radius 2 is 1.93 bits per heavy atom. The van der Waals surface area contributed by atoms with Crippen LogP contribution in [0, 0.1) is 0 Å². The molecule has 0 spiro atoms. The van der Waals surface area contributed by atoms with Crippen LogP contribution in [0.3, 0.4) is 0 Å². The quantitative estimate of drug-likeness (QED) is 0.682. The van der Waals surface area contributed by atoms with Crippen molar-refractivity contribution in [1.29, 1.82) is 0 Å². The van der Waals surface area contributed by atoms with Crippen molar-refractivity contribution in [1.82, 2.24) is 15.0 Å². The van der Waals surface area contributed by atoms with Gasteiger partial charge in [-0.05, 0) is 69.1 Å². The highest BCUT2D eigenvalue weighted by atomic mass is 32.2. The molecule has 1 aliphatic rings. The Bertz CT molecular complexity index is 808. The first-order valence-electron chi connectivity index (χ1n) is 9.57. The Morgan fingerprint density at radius 3 is 2.52 bits per heavy atom. The summed E-state index contributed by atoms with van der Waals surface area (Å²) in [6.07, 6.45) is 2.86. The van der Waals surface area contributed by atoms with Crippen LogP contribution in [-0.4, -0.2) is 56.7 Å². The minimum Gasteiger partial charge on any atom is -0.612 e. The largest absolute Gasteiger partial charge is 0.612 e. The van der Waals surface area contributed by atoms with Crippen molar-refractivity contribution >= 4 is 17.3 Å². The highest BCUT2D eigenvalue weighted by Gasteiger charge is 2.27. The van der Waals surface area contributed by atoms with Crippen molar-refractivity contribution < 1.29 is 23.3 Å². The summed E-state index contributed by atoms with van der Waals surface area (Å²) < 4.78 is 28.1. The molecule has 9 heteroatoms. The van der Waals surface area contributed by atoms with Gasteiger partial charge in [0.2, 0.25) is 0 Å². The molecule has 1 aromatic heterocycles. The molecule has 158 valence electrons. The van der Waals surface area contributed by atoms with Gasteiger partial charge in [-0.15, -0.1) is 0 Å². The molecule has 3 rings (SSSR count). The summed E-state index contributed by atoms with van der Waals surface area (Å²) in [7, 11) is 0. The fourth-order valence-corrected chi connectivity index (χ4v) is 3.46. The molecule has 1 aliphatic heterocycles. The average Bonchev–Trinajstić information content (AvgIpc) is 3.14. The zero-order valence-electron chi connectivity index (χ0n) is 17.2. The average molecular weight is 422 g/mol. The second kappa shape index (κ2) is 9.15. The Hall–Kier alpha value is -2.10. The lowest BCUT2D eigenvalue weighted by Gasteiger charge is -2.33. The number of benzene rings is 1. The summed E-state index contributed by atoms with van der Waals surface area (Å²) in [6.45, 7) is 7.03. The number of nitrogens with zero attached hydrogens (tertiary/aromatic N) is 3. The third-order valence-electron chi connectivity index (χ3n) is 4.44. The van der Waals surface area contributed by atoms with Crippen molar-refractivity contribution in [3.05, 3.63) is 30.1 Å². The lowest BCUT2D eigenvalue weighted by molar-refractivity contribution is -0.0190. The minimum absolute atomic E-state index is 0.0365. The van der Waals surface area contributed by atoms with Crippen molar-refractivity contribution in [2.75, 3.05) is 19.3 Å². The monoisotopic (exact) mass is 421 g/mol. The second-order valence-corrected chi connectivity index (χ2v) is 9.35. The lowest BCUT2D eigenvalue weighted by Crippen LogP contribution is -2.43. The summed E-state index contributed by atoms with van der Waals surface area (Å²) in [6, 6.07) is 7.18. The highest BCUT2D eigenvalue weighted by molar-refractivity contribution is 7.90. The first-order valence-corrected chi connectivity index (χ1v) is 11.1. The van der Waals surface area contributed by atoms with Gasteiger partial charge in [-0.25, -0.2) is 4.79 Å². The van der Waals surface area contributed by atoms with Gasteiger partial charge in [0, 0.05) is 18.7 Å². The molecule has 1 saturated heterocycles. The molecule has 1 atom stereocenters. The third kappa shape index (κ3) is 6.19. The van der Waals surface area contributed by atoms with Gasteiger partial charge in [0.25, 0.3) is 5.89 Å². The minimum atomic E-state index is -1.02. The fourth-order valence-electron chi connectivity index (χ4n) is 2.94. The van der Waals surface area contributed by atoms with Crippen LogP contribution in [0.5, 0.6) is 0 Å². The maximum absolute atomic E-state index is 12.1. The van der Waals surface area contributed by atoms with Crippen LogP contribution in [0.25, 0.3) is 11.5 Å². The van der Waals surface area contributed by atoms with Crippen molar-refractivity contribution in [2.45, 2.75) is 56.8 Å². The number of carbonyl (C=O) groups is 1. The van der Waals surface area contributed by atoms with Gasteiger partial charge in [-0.3, -0.25) is 0 Å². The molecule has 0 bridgehead atoms. The number of aromatic nitrogens is 2. The summed E-state index contributed by atoms with van der Waals surface area (Å²) in [5, 5.41) is 3.96. The molecule has 0 aliphatic carbocycles. The maximum Gasteiger partial charge on any atom is 0.410 e. The topological polar surface area (TPSA) is 101 Å². The first kappa shape index (κ1) is 21.6. The predicted octanol–water partition coefficient (Wildman–Crippen LogP) is 3.39. The van der Waals surface area contributed by atoms with Gasteiger partial charge in [0.1, 0.15) is 18.5 Å². The molecule has 29 heavy (non-hydrogen) atoms. The third-order valence-corrected chi connectivity index (χ3v) is 5.38. The van der Waals surface area contributed by atoms with Crippen LogP contribution in [0.1, 0.15) is 39.4 Å². The fraction of sp³-hybridized carbons (Fsp3) is 0.550. The second-order valence-electron chi connectivity index (χ2n) is 7.97. The van der Waals surface area contributed by atoms with Crippen molar-refractivity contribution in [3.63, 3.8) is 0 Å². The SMILES string of the molecule is C[S+]([O-])c1ccc(-c2nc(COC3CCN(C(=O)OC(C)(C)C)CC3)no2)cc1. The van der Waals surface area contributed by atoms with Gasteiger partial charge in [-0.1, -0.05) is 5.16 Å². The van der Waals surface area contributed by atoms with Gasteiger partial charge >= 0.3 is 6.09 Å². The van der Waals surface area contributed by atoms with Crippen LogP contribution in [0.4, 0.5) is 4.79 Å². The Labute approximate surface area is 173 Å². The standard InChI is InChI=1S/C20H27N3O5S/c1-20(2,3)27-19(24)23-11-9-15(10-12-23)26-13-17-21-18(28-22-17)14-5-7-16(8-6-14)29(4)25/h5-8,15H,9-13H2,1-4H3.